The molecule has 56 valence electrons. The monoisotopic (exact) mass is 180 g/mol. The lowest BCUT2D eigenvalue weighted by Crippen LogP contribution is -2.13. The smallest absolute Gasteiger partial charge is 0.226 e. The fourth-order valence-electron chi connectivity index (χ4n) is 0.674. The van der Waals surface area contributed by atoms with Crippen molar-refractivity contribution in [2.45, 2.75) is 19.9 Å². The fourth-order valence-corrected chi connectivity index (χ4v) is 6.64. The van der Waals surface area contributed by atoms with Crippen molar-refractivity contribution in [2.24, 2.45) is 5.92 Å². The molecular formula is C5H16OSSi2. The molecule has 1 atom stereocenters. The SMILES string of the molecule is CS[SiH](CC(C)C)O[SiH3]. The summed E-state index contributed by atoms with van der Waals surface area (Å²) in [5.74, 6) is 0.822. The van der Waals surface area contributed by atoms with E-state index in [2.05, 4.69) is 20.1 Å². The lowest BCUT2D eigenvalue weighted by molar-refractivity contribution is 0.618. The maximum absolute atomic E-state index is 5.45. The standard InChI is InChI=1S/C5H16OSSi2/c1-5(2)4-9(6-8)7-3/h5,9H,4H2,1-3,8H3. The van der Waals surface area contributed by atoms with Crippen molar-refractivity contribution >= 4 is 29.9 Å². The first-order chi connectivity index (χ1) is 4.20. The van der Waals surface area contributed by atoms with Crippen molar-refractivity contribution < 1.29 is 4.12 Å². The minimum absolute atomic E-state index is 0.772. The van der Waals surface area contributed by atoms with Gasteiger partial charge in [0.25, 0.3) is 0 Å². The van der Waals surface area contributed by atoms with Crippen LogP contribution in [0.25, 0.3) is 0 Å². The van der Waals surface area contributed by atoms with Gasteiger partial charge in [-0.1, -0.05) is 13.8 Å². The second-order valence-electron chi connectivity index (χ2n) is 2.53. The van der Waals surface area contributed by atoms with E-state index in [1.54, 1.807) is 0 Å². The van der Waals surface area contributed by atoms with E-state index in [1.165, 1.54) is 6.04 Å². The summed E-state index contributed by atoms with van der Waals surface area (Å²) in [7, 11) is 0.157. The van der Waals surface area contributed by atoms with E-state index in [0.717, 1.165) is 16.4 Å². The molecule has 0 radical (unpaired) electrons. The minimum Gasteiger partial charge on any atom is -0.458 e. The van der Waals surface area contributed by atoms with Gasteiger partial charge in [-0.05, 0) is 18.2 Å². The average Bonchev–Trinajstić information content (AvgIpc) is 1.82. The summed E-state index contributed by atoms with van der Waals surface area (Å²) < 4.78 is 5.45. The summed E-state index contributed by atoms with van der Waals surface area (Å²) in [5, 5.41) is 0. The van der Waals surface area contributed by atoms with Gasteiger partial charge in [-0.3, -0.25) is 0 Å². The summed E-state index contributed by atoms with van der Waals surface area (Å²) >= 11 is 1.95. The van der Waals surface area contributed by atoms with Crippen molar-refractivity contribution in [1.29, 1.82) is 0 Å². The van der Waals surface area contributed by atoms with Crippen molar-refractivity contribution in [2.75, 3.05) is 6.26 Å². The molecule has 4 heteroatoms. The first kappa shape index (κ1) is 9.74. The van der Waals surface area contributed by atoms with Crippen LogP contribution in [0.5, 0.6) is 0 Å². The van der Waals surface area contributed by atoms with E-state index >= 15 is 0 Å². The van der Waals surface area contributed by atoms with E-state index in [4.69, 9.17) is 4.12 Å². The molecule has 0 aliphatic heterocycles. The molecule has 1 nitrogen and oxygen atoms in total. The predicted octanol–water partition coefficient (Wildman–Crippen LogP) is 0.523. The zero-order valence-corrected chi connectivity index (χ0v) is 10.6. The molecular weight excluding hydrogens is 164 g/mol. The van der Waals surface area contributed by atoms with Crippen molar-refractivity contribution in [1.82, 2.24) is 0 Å². The van der Waals surface area contributed by atoms with Crippen LogP contribution in [0.15, 0.2) is 0 Å². The van der Waals surface area contributed by atoms with Gasteiger partial charge in [-0.2, -0.15) is 11.2 Å². The Morgan fingerprint density at radius 3 is 2.33 bits per heavy atom. The maximum Gasteiger partial charge on any atom is 0.226 e. The highest BCUT2D eigenvalue weighted by atomic mass is 32.4. The Bertz CT molecular complexity index is 66.0. The van der Waals surface area contributed by atoms with Crippen LogP contribution in [-0.4, -0.2) is 24.9 Å². The third kappa shape index (κ3) is 5.20. The lowest BCUT2D eigenvalue weighted by Gasteiger charge is -2.12. The molecule has 0 aliphatic carbocycles. The molecule has 0 fully saturated rings. The van der Waals surface area contributed by atoms with Crippen LogP contribution in [0.4, 0.5) is 0 Å². The molecule has 0 spiro atoms. The topological polar surface area (TPSA) is 9.23 Å². The summed E-state index contributed by atoms with van der Waals surface area (Å²) in [6, 6.07) is 1.32. The number of hydrogen-bond donors (Lipinski definition) is 0. The molecule has 0 saturated heterocycles. The van der Waals surface area contributed by atoms with Gasteiger partial charge in [0.2, 0.25) is 8.19 Å². The largest absolute Gasteiger partial charge is 0.458 e. The second-order valence-corrected chi connectivity index (χ2v) is 9.21. The molecule has 0 bridgehead atoms. The number of hydrogen-bond acceptors (Lipinski definition) is 2. The molecule has 0 aromatic carbocycles. The van der Waals surface area contributed by atoms with Crippen LogP contribution in [0.2, 0.25) is 6.04 Å². The van der Waals surface area contributed by atoms with Crippen molar-refractivity contribution in [3.05, 3.63) is 0 Å². The highest BCUT2D eigenvalue weighted by Gasteiger charge is 2.08. The minimum atomic E-state index is -0.772. The van der Waals surface area contributed by atoms with Crippen LogP contribution in [0, 0.1) is 5.92 Å². The van der Waals surface area contributed by atoms with Gasteiger partial charge in [0.05, 0.1) is 0 Å². The van der Waals surface area contributed by atoms with Gasteiger partial charge in [-0.25, -0.2) is 0 Å². The zero-order valence-electron chi connectivity index (χ0n) is 6.68. The maximum atomic E-state index is 5.45. The molecule has 1 unspecified atom stereocenters. The summed E-state index contributed by atoms with van der Waals surface area (Å²) in [4.78, 5) is 0. The summed E-state index contributed by atoms with van der Waals surface area (Å²) in [5.41, 5.74) is 0. The average molecular weight is 180 g/mol. The van der Waals surface area contributed by atoms with Crippen LogP contribution >= 0.6 is 11.2 Å². The molecule has 0 rings (SSSR count). The summed E-state index contributed by atoms with van der Waals surface area (Å²) in [6.07, 6.45) is 2.16. The number of rotatable bonds is 4. The van der Waals surface area contributed by atoms with Crippen LogP contribution in [0.3, 0.4) is 0 Å². The quantitative estimate of drug-likeness (QED) is 0.584. The van der Waals surface area contributed by atoms with E-state index in [0.29, 0.717) is 0 Å². The van der Waals surface area contributed by atoms with Gasteiger partial charge >= 0.3 is 0 Å². The normalized spacial score (nSPS) is 14.7. The predicted molar refractivity (Wildman–Crippen MR) is 51.3 cm³/mol. The van der Waals surface area contributed by atoms with Crippen LogP contribution < -0.4 is 0 Å². The molecule has 9 heavy (non-hydrogen) atoms. The highest BCUT2D eigenvalue weighted by Crippen LogP contribution is 2.13. The Morgan fingerprint density at radius 2 is 2.22 bits per heavy atom. The summed E-state index contributed by atoms with van der Waals surface area (Å²) in [6.45, 7) is 4.52. The Morgan fingerprint density at radius 1 is 1.67 bits per heavy atom. The molecule has 0 aromatic heterocycles. The molecule has 0 heterocycles. The van der Waals surface area contributed by atoms with Gasteiger partial charge < -0.3 is 4.12 Å². The van der Waals surface area contributed by atoms with E-state index in [1.807, 2.05) is 11.2 Å². The van der Waals surface area contributed by atoms with Crippen molar-refractivity contribution in [3.8, 4) is 0 Å². The second kappa shape index (κ2) is 5.52. The molecule has 0 aromatic rings. The zero-order chi connectivity index (χ0) is 7.28. The molecule has 0 saturated carbocycles. The van der Waals surface area contributed by atoms with Crippen LogP contribution in [0.1, 0.15) is 13.8 Å². The van der Waals surface area contributed by atoms with Crippen LogP contribution in [-0.2, 0) is 4.12 Å². The Kier molecular flexibility index (Phi) is 5.98. The van der Waals surface area contributed by atoms with Crippen molar-refractivity contribution in [3.63, 3.8) is 0 Å². The van der Waals surface area contributed by atoms with Gasteiger partial charge in [0.15, 0.2) is 0 Å². The lowest BCUT2D eigenvalue weighted by atomic mass is 10.3. The Labute approximate surface area is 66.5 Å². The van der Waals surface area contributed by atoms with Gasteiger partial charge in [-0.15, -0.1) is 0 Å². The van der Waals surface area contributed by atoms with Gasteiger partial charge in [0.1, 0.15) is 10.5 Å². The Hall–Kier alpha value is 0.744. The molecule has 0 aliphatic rings. The Balaban J connectivity index is 3.31. The third-order valence-electron chi connectivity index (χ3n) is 1.19. The van der Waals surface area contributed by atoms with E-state index in [-0.39, 0.29) is 0 Å². The fraction of sp³-hybridized carbons (Fsp3) is 1.00. The first-order valence-corrected chi connectivity index (χ1v) is 8.07. The third-order valence-corrected chi connectivity index (χ3v) is 9.03. The molecule has 0 amide bonds. The molecule has 0 N–H and O–H groups in total. The van der Waals surface area contributed by atoms with E-state index < -0.39 is 8.19 Å². The first-order valence-electron chi connectivity index (χ1n) is 3.26. The highest BCUT2D eigenvalue weighted by molar-refractivity contribution is 8.24. The van der Waals surface area contributed by atoms with Gasteiger partial charge in [0, 0.05) is 0 Å². The van der Waals surface area contributed by atoms with E-state index in [9.17, 15) is 0 Å².